The van der Waals surface area contributed by atoms with Crippen molar-refractivity contribution in [2.45, 2.75) is 13.8 Å². The zero-order valence-electron chi connectivity index (χ0n) is 9.16. The van der Waals surface area contributed by atoms with Gasteiger partial charge in [0.2, 0.25) is 0 Å². The van der Waals surface area contributed by atoms with Gasteiger partial charge in [0.1, 0.15) is 0 Å². The standard InChI is InChI=1S/C12H12FN3/c1-7-5-3-4-6-9(7)12-15-8(2)10(13)11(14)16-12/h3-6H,1-2H3,(H2,14,15,16). The minimum absolute atomic E-state index is 0.106. The van der Waals surface area contributed by atoms with Crippen LogP contribution in [0.5, 0.6) is 0 Å². The Morgan fingerprint density at radius 3 is 2.44 bits per heavy atom. The number of hydrogen-bond donors (Lipinski definition) is 1. The summed E-state index contributed by atoms with van der Waals surface area (Å²) >= 11 is 0. The lowest BCUT2D eigenvalue weighted by Crippen LogP contribution is -2.03. The Balaban J connectivity index is 2.62. The number of anilines is 1. The van der Waals surface area contributed by atoms with Crippen LogP contribution in [0.15, 0.2) is 24.3 Å². The largest absolute Gasteiger partial charge is 0.381 e. The molecule has 0 spiro atoms. The van der Waals surface area contributed by atoms with Crippen molar-refractivity contribution in [3.63, 3.8) is 0 Å². The number of halogens is 1. The first-order valence-electron chi connectivity index (χ1n) is 4.95. The van der Waals surface area contributed by atoms with Crippen LogP contribution in [0, 0.1) is 19.7 Å². The molecule has 1 heterocycles. The second kappa shape index (κ2) is 3.89. The van der Waals surface area contributed by atoms with Gasteiger partial charge in [-0.3, -0.25) is 0 Å². The van der Waals surface area contributed by atoms with E-state index in [1.54, 1.807) is 6.92 Å². The summed E-state index contributed by atoms with van der Waals surface area (Å²) in [7, 11) is 0. The summed E-state index contributed by atoms with van der Waals surface area (Å²) in [5, 5.41) is 0. The Kier molecular flexibility index (Phi) is 2.56. The molecule has 0 saturated carbocycles. The highest BCUT2D eigenvalue weighted by molar-refractivity contribution is 5.61. The van der Waals surface area contributed by atoms with Crippen molar-refractivity contribution in [2.24, 2.45) is 0 Å². The van der Waals surface area contributed by atoms with Gasteiger partial charge in [-0.15, -0.1) is 0 Å². The maximum atomic E-state index is 13.3. The predicted octanol–water partition coefficient (Wildman–Crippen LogP) is 2.48. The van der Waals surface area contributed by atoms with Crippen molar-refractivity contribution in [2.75, 3.05) is 5.73 Å². The fourth-order valence-electron chi connectivity index (χ4n) is 1.53. The summed E-state index contributed by atoms with van der Waals surface area (Å²) in [6, 6.07) is 7.66. The van der Waals surface area contributed by atoms with E-state index in [4.69, 9.17) is 5.73 Å². The van der Waals surface area contributed by atoms with E-state index in [0.717, 1.165) is 11.1 Å². The zero-order valence-corrected chi connectivity index (χ0v) is 9.16. The van der Waals surface area contributed by atoms with Gasteiger partial charge in [0.15, 0.2) is 17.5 Å². The quantitative estimate of drug-likeness (QED) is 0.798. The Morgan fingerprint density at radius 2 is 1.81 bits per heavy atom. The Hall–Kier alpha value is -1.97. The molecule has 3 nitrogen and oxygen atoms in total. The minimum atomic E-state index is -0.544. The average molecular weight is 217 g/mol. The molecule has 0 atom stereocenters. The second-order valence-corrected chi connectivity index (χ2v) is 3.65. The highest BCUT2D eigenvalue weighted by atomic mass is 19.1. The first-order valence-corrected chi connectivity index (χ1v) is 4.95. The van der Waals surface area contributed by atoms with Gasteiger partial charge in [-0.05, 0) is 19.4 Å². The van der Waals surface area contributed by atoms with Crippen LogP contribution in [0.2, 0.25) is 0 Å². The molecule has 0 saturated heterocycles. The van der Waals surface area contributed by atoms with E-state index >= 15 is 0 Å². The molecule has 4 heteroatoms. The molecule has 2 aromatic rings. The number of benzene rings is 1. The van der Waals surface area contributed by atoms with Crippen molar-refractivity contribution < 1.29 is 4.39 Å². The minimum Gasteiger partial charge on any atom is -0.381 e. The van der Waals surface area contributed by atoms with Crippen LogP contribution in [-0.2, 0) is 0 Å². The van der Waals surface area contributed by atoms with Gasteiger partial charge in [0, 0.05) is 5.56 Å². The first kappa shape index (κ1) is 10.5. The van der Waals surface area contributed by atoms with Gasteiger partial charge in [0.05, 0.1) is 5.69 Å². The third-order valence-corrected chi connectivity index (χ3v) is 2.43. The third-order valence-electron chi connectivity index (χ3n) is 2.43. The van der Waals surface area contributed by atoms with Gasteiger partial charge in [-0.25, -0.2) is 14.4 Å². The summed E-state index contributed by atoms with van der Waals surface area (Å²) in [5.74, 6) is -0.183. The highest BCUT2D eigenvalue weighted by Crippen LogP contribution is 2.22. The van der Waals surface area contributed by atoms with E-state index in [2.05, 4.69) is 9.97 Å². The Labute approximate surface area is 93.2 Å². The normalized spacial score (nSPS) is 10.4. The average Bonchev–Trinajstić information content (AvgIpc) is 2.26. The molecule has 0 amide bonds. The van der Waals surface area contributed by atoms with Crippen molar-refractivity contribution in [3.05, 3.63) is 41.3 Å². The van der Waals surface area contributed by atoms with Crippen molar-refractivity contribution in [1.82, 2.24) is 9.97 Å². The lowest BCUT2D eigenvalue weighted by atomic mass is 10.1. The van der Waals surface area contributed by atoms with E-state index in [1.165, 1.54) is 0 Å². The zero-order chi connectivity index (χ0) is 11.7. The summed E-state index contributed by atoms with van der Waals surface area (Å²) in [5.41, 5.74) is 7.66. The third kappa shape index (κ3) is 1.74. The molecule has 1 aromatic carbocycles. The van der Waals surface area contributed by atoms with E-state index in [0.29, 0.717) is 5.82 Å². The molecule has 0 aliphatic carbocycles. The molecular formula is C12H12FN3. The van der Waals surface area contributed by atoms with E-state index < -0.39 is 5.82 Å². The van der Waals surface area contributed by atoms with Crippen LogP contribution < -0.4 is 5.73 Å². The molecule has 0 bridgehead atoms. The number of aromatic nitrogens is 2. The van der Waals surface area contributed by atoms with E-state index in [-0.39, 0.29) is 11.5 Å². The fraction of sp³-hybridized carbons (Fsp3) is 0.167. The van der Waals surface area contributed by atoms with Crippen LogP contribution in [0.1, 0.15) is 11.3 Å². The molecule has 16 heavy (non-hydrogen) atoms. The number of rotatable bonds is 1. The molecule has 82 valence electrons. The maximum absolute atomic E-state index is 13.3. The maximum Gasteiger partial charge on any atom is 0.186 e. The highest BCUT2D eigenvalue weighted by Gasteiger charge is 2.11. The predicted molar refractivity (Wildman–Crippen MR) is 61.3 cm³/mol. The summed E-state index contributed by atoms with van der Waals surface area (Å²) in [6.45, 7) is 3.53. The molecule has 0 aliphatic heterocycles. The summed E-state index contributed by atoms with van der Waals surface area (Å²) in [6.07, 6.45) is 0. The van der Waals surface area contributed by atoms with Gasteiger partial charge in [0.25, 0.3) is 0 Å². The van der Waals surface area contributed by atoms with Crippen molar-refractivity contribution >= 4 is 5.82 Å². The Bertz CT molecular complexity index is 515. The van der Waals surface area contributed by atoms with Gasteiger partial charge in [-0.1, -0.05) is 24.3 Å². The van der Waals surface area contributed by atoms with Crippen LogP contribution in [0.3, 0.4) is 0 Å². The first-order chi connectivity index (χ1) is 7.59. The van der Waals surface area contributed by atoms with Crippen LogP contribution in [0.4, 0.5) is 10.2 Å². The molecule has 2 N–H and O–H groups in total. The SMILES string of the molecule is Cc1ccccc1-c1nc(C)c(F)c(N)n1. The molecule has 0 radical (unpaired) electrons. The smallest absolute Gasteiger partial charge is 0.186 e. The second-order valence-electron chi connectivity index (χ2n) is 3.65. The lowest BCUT2D eigenvalue weighted by Gasteiger charge is -2.06. The monoisotopic (exact) mass is 217 g/mol. The molecular weight excluding hydrogens is 205 g/mol. The van der Waals surface area contributed by atoms with Crippen LogP contribution in [0.25, 0.3) is 11.4 Å². The Morgan fingerprint density at radius 1 is 1.12 bits per heavy atom. The number of aryl methyl sites for hydroxylation is 2. The number of nitrogens with zero attached hydrogens (tertiary/aromatic N) is 2. The lowest BCUT2D eigenvalue weighted by molar-refractivity contribution is 0.608. The van der Waals surface area contributed by atoms with E-state index in [9.17, 15) is 4.39 Å². The molecule has 0 aliphatic rings. The van der Waals surface area contributed by atoms with Crippen LogP contribution in [-0.4, -0.2) is 9.97 Å². The topological polar surface area (TPSA) is 51.8 Å². The summed E-state index contributed by atoms with van der Waals surface area (Å²) in [4.78, 5) is 8.05. The number of nitrogens with two attached hydrogens (primary N) is 1. The number of nitrogen functional groups attached to an aromatic ring is 1. The van der Waals surface area contributed by atoms with Crippen molar-refractivity contribution in [3.8, 4) is 11.4 Å². The van der Waals surface area contributed by atoms with Gasteiger partial charge in [-0.2, -0.15) is 0 Å². The summed E-state index contributed by atoms with van der Waals surface area (Å²) < 4.78 is 13.3. The molecule has 0 unspecified atom stereocenters. The van der Waals surface area contributed by atoms with E-state index in [1.807, 2.05) is 31.2 Å². The molecule has 0 fully saturated rings. The van der Waals surface area contributed by atoms with Crippen molar-refractivity contribution in [1.29, 1.82) is 0 Å². The molecule has 1 aromatic heterocycles. The van der Waals surface area contributed by atoms with Gasteiger partial charge >= 0.3 is 0 Å². The van der Waals surface area contributed by atoms with Crippen LogP contribution >= 0.6 is 0 Å². The number of hydrogen-bond acceptors (Lipinski definition) is 3. The van der Waals surface area contributed by atoms with Gasteiger partial charge < -0.3 is 5.73 Å². The fourth-order valence-corrected chi connectivity index (χ4v) is 1.53. The molecule has 2 rings (SSSR count).